The minimum absolute atomic E-state index is 0.103. The highest BCUT2D eigenvalue weighted by atomic mass is 35.5. The van der Waals surface area contributed by atoms with Crippen LogP contribution in [0, 0.1) is 0 Å². The second kappa shape index (κ2) is 10.7. The van der Waals surface area contributed by atoms with Gasteiger partial charge < -0.3 is 10.2 Å². The number of carbonyl (C=O) groups is 2. The van der Waals surface area contributed by atoms with Gasteiger partial charge in [0.15, 0.2) is 0 Å². The fraction of sp³-hybridized carbons (Fsp3) is 0.241. The molecule has 1 aliphatic carbocycles. The third kappa shape index (κ3) is 5.31. The van der Waals surface area contributed by atoms with Crippen molar-refractivity contribution in [3.63, 3.8) is 0 Å². The molecule has 0 radical (unpaired) electrons. The predicted molar refractivity (Wildman–Crippen MR) is 142 cm³/mol. The van der Waals surface area contributed by atoms with E-state index in [0.29, 0.717) is 29.2 Å². The van der Waals surface area contributed by atoms with Crippen LogP contribution < -0.4 is 10.2 Å². The molecule has 35 heavy (non-hydrogen) atoms. The van der Waals surface area contributed by atoms with Crippen molar-refractivity contribution in [2.75, 3.05) is 11.4 Å². The summed E-state index contributed by atoms with van der Waals surface area (Å²) in [5, 5.41) is 3.67. The number of hydrogen-bond acceptors (Lipinski definition) is 3. The Kier molecular flexibility index (Phi) is 7.26. The van der Waals surface area contributed by atoms with E-state index in [4.69, 9.17) is 11.6 Å². The third-order valence-corrected chi connectivity index (χ3v) is 8.01. The smallest absolute Gasteiger partial charge is 0.259 e. The van der Waals surface area contributed by atoms with Gasteiger partial charge in [0.2, 0.25) is 0 Å². The summed E-state index contributed by atoms with van der Waals surface area (Å²) < 4.78 is 0. The van der Waals surface area contributed by atoms with Crippen LogP contribution in [0.15, 0.2) is 88.2 Å². The minimum Gasteiger partial charge on any atom is -0.352 e. The summed E-state index contributed by atoms with van der Waals surface area (Å²) in [6.45, 7) is 0.934. The average molecular weight is 503 g/mol. The van der Waals surface area contributed by atoms with Gasteiger partial charge in [-0.2, -0.15) is 0 Å². The zero-order chi connectivity index (χ0) is 24.2. The van der Waals surface area contributed by atoms with Crippen LogP contribution in [0.3, 0.4) is 0 Å². The topological polar surface area (TPSA) is 49.4 Å². The molecular weight excluding hydrogens is 476 g/mol. The monoisotopic (exact) mass is 502 g/mol. The van der Waals surface area contributed by atoms with E-state index < -0.39 is 0 Å². The molecule has 0 aromatic heterocycles. The van der Waals surface area contributed by atoms with Crippen molar-refractivity contribution in [1.82, 2.24) is 5.32 Å². The normalized spacial score (nSPS) is 15.1. The zero-order valence-corrected chi connectivity index (χ0v) is 21.0. The van der Waals surface area contributed by atoms with Crippen LogP contribution in [-0.4, -0.2) is 18.4 Å². The van der Waals surface area contributed by atoms with Crippen molar-refractivity contribution in [2.24, 2.45) is 0 Å². The van der Waals surface area contributed by atoms with E-state index in [0.717, 1.165) is 40.3 Å². The highest BCUT2D eigenvalue weighted by molar-refractivity contribution is 7.99. The first-order valence-corrected chi connectivity index (χ1v) is 13.2. The van der Waals surface area contributed by atoms with E-state index in [1.807, 2.05) is 66.7 Å². The van der Waals surface area contributed by atoms with Crippen LogP contribution in [0.1, 0.15) is 58.4 Å². The van der Waals surface area contributed by atoms with Gasteiger partial charge in [-0.3, -0.25) is 9.59 Å². The number of hydrogen-bond donors (Lipinski definition) is 1. The summed E-state index contributed by atoms with van der Waals surface area (Å²) in [7, 11) is 0. The Morgan fingerprint density at radius 3 is 2.66 bits per heavy atom. The summed E-state index contributed by atoms with van der Waals surface area (Å²) in [4.78, 5) is 30.3. The number of anilines is 1. The Morgan fingerprint density at radius 2 is 1.83 bits per heavy atom. The first-order chi connectivity index (χ1) is 17.1. The Morgan fingerprint density at radius 1 is 1.00 bits per heavy atom. The predicted octanol–water partition coefficient (Wildman–Crippen LogP) is 7.27. The van der Waals surface area contributed by atoms with Crippen molar-refractivity contribution in [3.8, 4) is 0 Å². The number of nitrogens with zero attached hydrogens (tertiary/aromatic N) is 1. The van der Waals surface area contributed by atoms with Crippen molar-refractivity contribution < 1.29 is 9.59 Å². The highest BCUT2D eigenvalue weighted by Crippen LogP contribution is 2.42. The third-order valence-electron chi connectivity index (χ3n) is 6.50. The number of halogens is 1. The van der Waals surface area contributed by atoms with Crippen LogP contribution in [-0.2, 0) is 6.54 Å². The van der Waals surface area contributed by atoms with E-state index in [9.17, 15) is 9.59 Å². The molecule has 0 atom stereocenters. The molecule has 4 nitrogen and oxygen atoms in total. The van der Waals surface area contributed by atoms with Gasteiger partial charge in [-0.05, 0) is 74.1 Å². The number of amides is 2. The maximum absolute atomic E-state index is 13.7. The van der Waals surface area contributed by atoms with Crippen molar-refractivity contribution in [3.05, 3.63) is 100 Å². The molecule has 0 fully saturated rings. The maximum Gasteiger partial charge on any atom is 0.259 e. The number of fused-ring (bicyclic) bond motifs is 2. The van der Waals surface area contributed by atoms with E-state index in [-0.39, 0.29) is 11.8 Å². The molecule has 0 saturated heterocycles. The molecule has 2 amide bonds. The number of benzene rings is 3. The number of nitrogens with one attached hydrogen (secondary N) is 1. The van der Waals surface area contributed by atoms with Crippen LogP contribution in [0.25, 0.3) is 0 Å². The molecule has 3 aromatic carbocycles. The Hall–Kier alpha value is -3.02. The van der Waals surface area contributed by atoms with Gasteiger partial charge in [0.25, 0.3) is 11.8 Å². The second-order valence-electron chi connectivity index (χ2n) is 8.88. The van der Waals surface area contributed by atoms with Crippen molar-refractivity contribution >= 4 is 40.9 Å². The Bertz CT molecular complexity index is 1300. The molecule has 0 unspecified atom stereocenters. The Balaban J connectivity index is 1.44. The molecule has 2 aliphatic rings. The summed E-state index contributed by atoms with van der Waals surface area (Å²) in [5.74, 6) is -0.227. The van der Waals surface area contributed by atoms with Crippen LogP contribution in [0.5, 0.6) is 0 Å². The largest absolute Gasteiger partial charge is 0.352 e. The molecular formula is C29H27ClN2O2S. The number of carbonyl (C=O) groups excluding carboxylic acids is 2. The molecule has 0 bridgehead atoms. The molecule has 5 rings (SSSR count). The van der Waals surface area contributed by atoms with E-state index in [1.54, 1.807) is 16.7 Å². The highest BCUT2D eigenvalue weighted by Gasteiger charge is 2.28. The van der Waals surface area contributed by atoms with E-state index >= 15 is 0 Å². The fourth-order valence-electron chi connectivity index (χ4n) is 4.59. The lowest BCUT2D eigenvalue weighted by atomic mass is 9.97. The van der Waals surface area contributed by atoms with Gasteiger partial charge in [0.1, 0.15) is 0 Å². The van der Waals surface area contributed by atoms with Crippen molar-refractivity contribution in [2.45, 2.75) is 48.4 Å². The Labute approximate surface area is 215 Å². The SMILES string of the molecule is O=C(NCCC1=CCCCC1)c1ccc2c(c1)N(Cc1ccccc1Cl)C(=O)c1ccccc1S2. The standard InChI is InChI=1S/C29H27ClN2O2S/c30-24-12-6-4-10-22(24)19-32-25-18-21(28(33)31-17-16-20-8-2-1-3-9-20)14-15-27(25)35-26-13-7-5-11-23(26)29(32)34/h4-8,10-15,18H,1-3,9,16-17,19H2,(H,31,33). The summed E-state index contributed by atoms with van der Waals surface area (Å²) in [6, 6.07) is 20.8. The van der Waals surface area contributed by atoms with Gasteiger partial charge >= 0.3 is 0 Å². The molecule has 178 valence electrons. The summed E-state index contributed by atoms with van der Waals surface area (Å²) in [5.41, 5.74) is 4.20. The van der Waals surface area contributed by atoms with Crippen LogP contribution in [0.4, 0.5) is 5.69 Å². The lowest BCUT2D eigenvalue weighted by Crippen LogP contribution is -2.31. The lowest BCUT2D eigenvalue weighted by Gasteiger charge is -2.24. The van der Waals surface area contributed by atoms with Gasteiger partial charge in [-0.15, -0.1) is 0 Å². The minimum atomic E-state index is -0.124. The van der Waals surface area contributed by atoms with Crippen LogP contribution in [0.2, 0.25) is 5.02 Å². The molecule has 1 N–H and O–H groups in total. The van der Waals surface area contributed by atoms with Gasteiger partial charge in [-0.25, -0.2) is 0 Å². The maximum atomic E-state index is 13.7. The first-order valence-electron chi connectivity index (χ1n) is 12.0. The van der Waals surface area contributed by atoms with Crippen molar-refractivity contribution in [1.29, 1.82) is 0 Å². The van der Waals surface area contributed by atoms with E-state index in [1.165, 1.54) is 18.4 Å². The number of allylic oxidation sites excluding steroid dienone is 1. The van der Waals surface area contributed by atoms with Gasteiger partial charge in [0, 0.05) is 26.9 Å². The summed E-state index contributed by atoms with van der Waals surface area (Å²) >= 11 is 8.00. The molecule has 0 saturated carbocycles. The first kappa shape index (κ1) is 23.7. The lowest BCUT2D eigenvalue weighted by molar-refractivity contribution is 0.0950. The second-order valence-corrected chi connectivity index (χ2v) is 10.4. The van der Waals surface area contributed by atoms with E-state index in [2.05, 4.69) is 11.4 Å². The molecule has 1 heterocycles. The number of rotatable bonds is 6. The molecule has 1 aliphatic heterocycles. The zero-order valence-electron chi connectivity index (χ0n) is 19.4. The quantitative estimate of drug-likeness (QED) is 0.360. The molecule has 0 spiro atoms. The molecule has 3 aromatic rings. The van der Waals surface area contributed by atoms with Gasteiger partial charge in [-0.1, -0.05) is 65.3 Å². The van der Waals surface area contributed by atoms with Gasteiger partial charge in [0.05, 0.1) is 17.8 Å². The summed E-state index contributed by atoms with van der Waals surface area (Å²) in [6.07, 6.45) is 7.97. The molecule has 6 heteroatoms. The average Bonchev–Trinajstić information content (AvgIpc) is 3.00. The fourth-order valence-corrected chi connectivity index (χ4v) is 5.84. The van der Waals surface area contributed by atoms with Crippen LogP contribution >= 0.6 is 23.4 Å².